The van der Waals surface area contributed by atoms with Gasteiger partial charge in [0.25, 0.3) is 5.91 Å². The average molecular weight is 588 g/mol. The van der Waals surface area contributed by atoms with E-state index in [1.165, 1.54) is 18.1 Å². The summed E-state index contributed by atoms with van der Waals surface area (Å²) in [5, 5.41) is 0. The highest BCUT2D eigenvalue weighted by atomic mass is 32.2. The van der Waals surface area contributed by atoms with Crippen molar-refractivity contribution in [1.82, 2.24) is 24.7 Å². The molecule has 3 aliphatic heterocycles. The molecule has 0 saturated carbocycles. The lowest BCUT2D eigenvalue weighted by Crippen LogP contribution is -2.46. The van der Waals surface area contributed by atoms with Gasteiger partial charge in [0.1, 0.15) is 6.33 Å². The Morgan fingerprint density at radius 1 is 0.929 bits per heavy atom. The van der Waals surface area contributed by atoms with Gasteiger partial charge in [-0.25, -0.2) is 18.4 Å². The molecular weight excluding hydrogens is 550 g/mol. The van der Waals surface area contributed by atoms with Gasteiger partial charge in [-0.05, 0) is 61.5 Å². The maximum Gasteiger partial charge on any atom is 0.257 e. The number of amides is 2. The van der Waals surface area contributed by atoms with E-state index in [0.717, 1.165) is 51.0 Å². The topological polar surface area (TPSA) is 104 Å². The zero-order chi connectivity index (χ0) is 29.3. The fourth-order valence-electron chi connectivity index (χ4n) is 6.96. The van der Waals surface area contributed by atoms with Crippen LogP contribution in [-0.4, -0.2) is 90.4 Å². The molecule has 220 valence electrons. The molecule has 2 atom stereocenters. The van der Waals surface area contributed by atoms with Gasteiger partial charge in [-0.15, -0.1) is 0 Å². The van der Waals surface area contributed by atoms with E-state index in [-0.39, 0.29) is 23.1 Å². The Balaban J connectivity index is 1.08. The van der Waals surface area contributed by atoms with E-state index in [4.69, 9.17) is 0 Å². The van der Waals surface area contributed by atoms with Crippen LogP contribution in [-0.2, 0) is 21.2 Å². The summed E-state index contributed by atoms with van der Waals surface area (Å²) in [6.45, 7) is 5.19. The minimum absolute atomic E-state index is 0.0285. The van der Waals surface area contributed by atoms with E-state index in [9.17, 15) is 18.0 Å². The molecule has 0 unspecified atom stereocenters. The van der Waals surface area contributed by atoms with Gasteiger partial charge in [0.15, 0.2) is 9.84 Å². The van der Waals surface area contributed by atoms with Crippen LogP contribution in [0.1, 0.15) is 46.7 Å². The lowest BCUT2D eigenvalue weighted by atomic mass is 9.76. The molecule has 1 aromatic heterocycles. The van der Waals surface area contributed by atoms with Gasteiger partial charge in [0.05, 0.1) is 15.9 Å². The Morgan fingerprint density at radius 3 is 2.26 bits per heavy atom. The van der Waals surface area contributed by atoms with Crippen LogP contribution in [0.2, 0.25) is 0 Å². The van der Waals surface area contributed by atoms with Crippen molar-refractivity contribution < 1.29 is 18.0 Å². The SMILES string of the molecule is CS(=O)(=O)c1ccc(CN2CCC3(CCN(C[C@H]4CN(C(=O)c5cncnc5)C[C@@H]4c4ccccc4)CC3)C2=O)cc1. The van der Waals surface area contributed by atoms with Gasteiger partial charge in [-0.3, -0.25) is 9.59 Å². The standard InChI is InChI=1S/C32H37N5O4S/c1-42(40,41)28-9-7-24(8-10-28)19-36-16-13-32(31(36)39)11-14-35(15-12-32)20-27-21-37(30(38)26-17-33-23-34-18-26)22-29(27)25-5-3-2-4-6-25/h2-10,17-18,23,27,29H,11-16,19-22H2,1H3/t27-,29+/m0/s1. The maximum absolute atomic E-state index is 13.6. The number of carbonyl (C=O) groups is 2. The predicted molar refractivity (Wildman–Crippen MR) is 158 cm³/mol. The van der Waals surface area contributed by atoms with Gasteiger partial charge >= 0.3 is 0 Å². The van der Waals surface area contributed by atoms with Gasteiger partial charge < -0.3 is 14.7 Å². The molecule has 0 N–H and O–H groups in total. The first-order chi connectivity index (χ1) is 20.2. The van der Waals surface area contributed by atoms with E-state index in [1.54, 1.807) is 36.7 Å². The monoisotopic (exact) mass is 587 g/mol. The van der Waals surface area contributed by atoms with Gasteiger partial charge in [0, 0.05) is 57.3 Å². The normalized spacial score (nSPS) is 22.6. The molecular formula is C32H37N5O4S. The first-order valence-electron chi connectivity index (χ1n) is 14.6. The fraction of sp³-hybridized carbons (Fsp3) is 0.438. The van der Waals surface area contributed by atoms with Crippen LogP contribution in [0.15, 0.2) is 78.2 Å². The minimum atomic E-state index is -3.24. The predicted octanol–water partition coefficient (Wildman–Crippen LogP) is 3.25. The Labute approximate surface area is 247 Å². The largest absolute Gasteiger partial charge is 0.338 e. The summed E-state index contributed by atoms with van der Waals surface area (Å²) < 4.78 is 23.6. The zero-order valence-corrected chi connectivity index (χ0v) is 24.7. The van der Waals surface area contributed by atoms with Crippen LogP contribution in [0, 0.1) is 11.3 Å². The molecule has 2 aromatic carbocycles. The first kappa shape index (κ1) is 28.5. The molecule has 3 saturated heterocycles. The Morgan fingerprint density at radius 2 is 1.60 bits per heavy atom. The van der Waals surface area contributed by atoms with Crippen LogP contribution in [0.4, 0.5) is 0 Å². The van der Waals surface area contributed by atoms with Gasteiger partial charge in [-0.1, -0.05) is 42.5 Å². The van der Waals surface area contributed by atoms with E-state index < -0.39 is 9.84 Å². The lowest BCUT2D eigenvalue weighted by molar-refractivity contribution is -0.139. The molecule has 3 aromatic rings. The Bertz CT molecular complexity index is 1520. The highest BCUT2D eigenvalue weighted by molar-refractivity contribution is 7.90. The van der Waals surface area contributed by atoms with E-state index in [0.29, 0.717) is 36.0 Å². The van der Waals surface area contributed by atoms with Gasteiger partial charge in [0.2, 0.25) is 5.91 Å². The third-order valence-electron chi connectivity index (χ3n) is 9.40. The van der Waals surface area contributed by atoms with Crippen LogP contribution in [0.3, 0.4) is 0 Å². The van der Waals surface area contributed by atoms with Crippen molar-refractivity contribution in [2.45, 2.75) is 36.6 Å². The fourth-order valence-corrected chi connectivity index (χ4v) is 7.59. The second-order valence-corrected chi connectivity index (χ2v) is 14.1. The summed E-state index contributed by atoms with van der Waals surface area (Å²) in [7, 11) is -3.24. The summed E-state index contributed by atoms with van der Waals surface area (Å²) in [6, 6.07) is 17.3. The molecule has 10 heteroatoms. The van der Waals surface area contributed by atoms with E-state index >= 15 is 0 Å². The molecule has 0 radical (unpaired) electrons. The molecule has 0 bridgehead atoms. The molecule has 42 heavy (non-hydrogen) atoms. The smallest absolute Gasteiger partial charge is 0.257 e. The molecule has 3 fully saturated rings. The summed E-state index contributed by atoms with van der Waals surface area (Å²) >= 11 is 0. The van der Waals surface area contributed by atoms with Crippen molar-refractivity contribution in [2.75, 3.05) is 45.5 Å². The number of nitrogens with zero attached hydrogens (tertiary/aromatic N) is 5. The summed E-state index contributed by atoms with van der Waals surface area (Å²) in [6.07, 6.45) is 8.33. The summed E-state index contributed by atoms with van der Waals surface area (Å²) in [5.41, 5.74) is 2.40. The molecule has 3 aliphatic rings. The molecule has 9 nitrogen and oxygen atoms in total. The quantitative estimate of drug-likeness (QED) is 0.418. The molecule has 2 amide bonds. The number of piperidine rings is 1. The maximum atomic E-state index is 13.6. The lowest BCUT2D eigenvalue weighted by Gasteiger charge is -2.39. The molecule has 4 heterocycles. The van der Waals surface area contributed by atoms with Crippen molar-refractivity contribution in [3.05, 3.63) is 90.0 Å². The second kappa shape index (κ2) is 11.6. The first-order valence-corrected chi connectivity index (χ1v) is 16.5. The van der Waals surface area contributed by atoms with Gasteiger partial charge in [-0.2, -0.15) is 0 Å². The van der Waals surface area contributed by atoms with Crippen LogP contribution in [0.5, 0.6) is 0 Å². The van der Waals surface area contributed by atoms with Crippen molar-refractivity contribution in [1.29, 1.82) is 0 Å². The highest BCUT2D eigenvalue weighted by Gasteiger charge is 2.48. The average Bonchev–Trinajstić information content (AvgIpc) is 3.56. The van der Waals surface area contributed by atoms with E-state index in [2.05, 4.69) is 39.1 Å². The Kier molecular flexibility index (Phi) is 7.85. The molecule has 0 aliphatic carbocycles. The van der Waals surface area contributed by atoms with Crippen LogP contribution < -0.4 is 0 Å². The molecule has 6 rings (SSSR count). The summed E-state index contributed by atoms with van der Waals surface area (Å²) in [5.74, 6) is 0.729. The number of hydrogen-bond acceptors (Lipinski definition) is 7. The zero-order valence-electron chi connectivity index (χ0n) is 23.9. The number of sulfone groups is 1. The number of carbonyl (C=O) groups excluding carboxylic acids is 2. The van der Waals surface area contributed by atoms with Crippen molar-refractivity contribution in [3.63, 3.8) is 0 Å². The van der Waals surface area contributed by atoms with Crippen molar-refractivity contribution in [2.24, 2.45) is 11.3 Å². The molecule has 1 spiro atoms. The third kappa shape index (κ3) is 5.83. The van der Waals surface area contributed by atoms with Crippen LogP contribution >= 0.6 is 0 Å². The van der Waals surface area contributed by atoms with Crippen molar-refractivity contribution in [3.8, 4) is 0 Å². The number of hydrogen-bond donors (Lipinski definition) is 0. The number of benzene rings is 2. The number of likely N-dealkylation sites (tertiary alicyclic amines) is 3. The Hall–Kier alpha value is -3.63. The summed E-state index contributed by atoms with van der Waals surface area (Å²) in [4.78, 5) is 41.6. The minimum Gasteiger partial charge on any atom is -0.338 e. The van der Waals surface area contributed by atoms with Crippen molar-refractivity contribution >= 4 is 21.7 Å². The van der Waals surface area contributed by atoms with E-state index in [1.807, 2.05) is 15.9 Å². The third-order valence-corrected chi connectivity index (χ3v) is 10.5. The van der Waals surface area contributed by atoms with Crippen LogP contribution in [0.25, 0.3) is 0 Å². The second-order valence-electron chi connectivity index (χ2n) is 12.1. The number of rotatable bonds is 7. The number of aromatic nitrogens is 2. The highest BCUT2D eigenvalue weighted by Crippen LogP contribution is 2.43.